The van der Waals surface area contributed by atoms with Crippen LogP contribution in [0.15, 0.2) is 77.8 Å². The molecule has 0 aliphatic heterocycles. The Morgan fingerprint density at radius 1 is 0.667 bits per heavy atom. The van der Waals surface area contributed by atoms with Gasteiger partial charge < -0.3 is 27.0 Å². The normalized spacial score (nSPS) is 18.5. The van der Waals surface area contributed by atoms with Gasteiger partial charge >= 0.3 is 0 Å². The number of carbonyl (C=O) groups excluding carboxylic acids is 1. The molecule has 10 nitrogen and oxygen atoms in total. The average molecular weight is 668 g/mol. The third-order valence-electron chi connectivity index (χ3n) is 8.55. The molecule has 1 aliphatic carbocycles. The van der Waals surface area contributed by atoms with Gasteiger partial charge in [-0.05, 0) is 36.5 Å². The smallest absolute Gasteiger partial charge is 0.233 e. The lowest BCUT2D eigenvalue weighted by molar-refractivity contribution is -0.119. The molecule has 11 heteroatoms. The van der Waals surface area contributed by atoms with Crippen molar-refractivity contribution in [1.29, 1.82) is 0 Å². The van der Waals surface area contributed by atoms with Crippen molar-refractivity contribution in [3.8, 4) is 0 Å². The summed E-state index contributed by atoms with van der Waals surface area (Å²) in [5.74, 6) is 3.01. The van der Waals surface area contributed by atoms with E-state index >= 15 is 0 Å². The van der Waals surface area contributed by atoms with Crippen LogP contribution in [0.25, 0.3) is 0 Å². The van der Waals surface area contributed by atoms with E-state index in [4.69, 9.17) is 25.7 Å². The minimum atomic E-state index is -0.160. The third-order valence-corrected chi connectivity index (χ3v) is 9.46. The van der Waals surface area contributed by atoms with Crippen molar-refractivity contribution >= 4 is 35.4 Å². The van der Waals surface area contributed by atoms with E-state index in [0.717, 1.165) is 61.1 Å². The quantitative estimate of drug-likeness (QED) is 0.0463. The summed E-state index contributed by atoms with van der Waals surface area (Å²) in [5, 5.41) is 14.1. The number of thioether (sulfide) groups is 1. The molecule has 1 amide bonds. The van der Waals surface area contributed by atoms with E-state index in [2.05, 4.69) is 115 Å². The lowest BCUT2D eigenvalue weighted by atomic mass is 9.50. The highest BCUT2D eigenvalue weighted by Crippen LogP contribution is 2.66. The summed E-state index contributed by atoms with van der Waals surface area (Å²) in [7, 11) is 0. The van der Waals surface area contributed by atoms with Gasteiger partial charge in [0.2, 0.25) is 17.8 Å². The number of nitrogens with two attached hydrogens (primary N) is 1. The first-order valence-electron chi connectivity index (χ1n) is 17.2. The van der Waals surface area contributed by atoms with Gasteiger partial charge in [0, 0.05) is 61.7 Å². The molecule has 6 N–H and O–H groups in total. The zero-order valence-corrected chi connectivity index (χ0v) is 29.1. The molecule has 48 heavy (non-hydrogen) atoms. The molecule has 2 aromatic heterocycles. The van der Waals surface area contributed by atoms with Gasteiger partial charge in [-0.3, -0.25) is 4.79 Å². The number of hydrogen-bond donors (Lipinski definition) is 5. The van der Waals surface area contributed by atoms with Gasteiger partial charge in [0.1, 0.15) is 10.8 Å². The van der Waals surface area contributed by atoms with Crippen LogP contribution in [-0.2, 0) is 4.79 Å². The molecule has 0 spiro atoms. The molecule has 2 aromatic carbocycles. The van der Waals surface area contributed by atoms with Gasteiger partial charge in [-0.15, -0.1) is 11.8 Å². The van der Waals surface area contributed by atoms with Crippen LogP contribution >= 0.6 is 11.8 Å². The van der Waals surface area contributed by atoms with Crippen molar-refractivity contribution in [2.75, 3.05) is 54.4 Å². The number of benzene rings is 2. The summed E-state index contributed by atoms with van der Waals surface area (Å²) in [4.78, 5) is 31.8. The van der Waals surface area contributed by atoms with E-state index in [9.17, 15) is 4.79 Å². The lowest BCUT2D eigenvalue weighted by Crippen LogP contribution is -2.41. The Morgan fingerprint density at radius 2 is 1.19 bits per heavy atom. The summed E-state index contributed by atoms with van der Waals surface area (Å²) >= 11 is 1.61. The summed E-state index contributed by atoms with van der Waals surface area (Å²) < 4.78 is 0. The first-order valence-corrected chi connectivity index (χ1v) is 18.2. The number of nitrogens with one attached hydrogen (secondary N) is 4. The number of carbonyl (C=O) groups is 1. The lowest BCUT2D eigenvalue weighted by Gasteiger charge is -2.52. The van der Waals surface area contributed by atoms with Crippen LogP contribution in [0.4, 0.5) is 17.7 Å². The highest BCUT2D eigenvalue weighted by atomic mass is 32.2. The van der Waals surface area contributed by atoms with Crippen LogP contribution in [0.3, 0.4) is 0 Å². The van der Waals surface area contributed by atoms with Crippen molar-refractivity contribution in [3.63, 3.8) is 0 Å². The number of rotatable bonds is 18. The second-order valence-corrected chi connectivity index (χ2v) is 13.2. The molecule has 0 bridgehead atoms. The summed E-state index contributed by atoms with van der Waals surface area (Å²) in [6.45, 7) is 9.36. The molecule has 1 fully saturated rings. The van der Waals surface area contributed by atoms with Crippen LogP contribution in [0.2, 0.25) is 0 Å². The number of aromatic nitrogens is 4. The molecule has 1 saturated carbocycles. The van der Waals surface area contributed by atoms with Crippen LogP contribution in [0.5, 0.6) is 0 Å². The molecule has 2 atom stereocenters. The fraction of sp³-hybridized carbons (Fsp3) is 0.432. The predicted octanol–water partition coefficient (Wildman–Crippen LogP) is 6.35. The van der Waals surface area contributed by atoms with Gasteiger partial charge in [0.05, 0.1) is 17.9 Å². The van der Waals surface area contributed by atoms with Gasteiger partial charge in [-0.2, -0.15) is 4.98 Å². The summed E-state index contributed by atoms with van der Waals surface area (Å²) in [6, 6.07) is 25.8. The van der Waals surface area contributed by atoms with Crippen LogP contribution in [-0.4, -0.2) is 64.3 Å². The van der Waals surface area contributed by atoms with Crippen LogP contribution in [0, 0.1) is 0 Å². The maximum atomic E-state index is 11.7. The van der Waals surface area contributed by atoms with Gasteiger partial charge in [-0.1, -0.05) is 81.4 Å². The van der Waals surface area contributed by atoms with Crippen LogP contribution < -0.4 is 27.0 Å². The highest BCUT2D eigenvalue weighted by molar-refractivity contribution is 7.99. The van der Waals surface area contributed by atoms with Gasteiger partial charge in [0.25, 0.3) is 0 Å². The predicted molar refractivity (Wildman–Crippen MR) is 197 cm³/mol. The fourth-order valence-corrected chi connectivity index (χ4v) is 7.15. The van der Waals surface area contributed by atoms with E-state index < -0.39 is 0 Å². The fourth-order valence-electron chi connectivity index (χ4n) is 6.38. The Labute approximate surface area is 289 Å². The minimum absolute atomic E-state index is 0.0172. The number of nitrogens with zero attached hydrogens (tertiary/aromatic N) is 4. The second-order valence-electron chi connectivity index (χ2n) is 12.1. The Morgan fingerprint density at radius 3 is 1.73 bits per heavy atom. The van der Waals surface area contributed by atoms with Crippen molar-refractivity contribution in [1.82, 2.24) is 25.3 Å². The molecular weight excluding hydrogens is 619 g/mol. The van der Waals surface area contributed by atoms with E-state index in [1.807, 2.05) is 0 Å². The molecular formula is C37H49N9OS. The Bertz CT molecular complexity index is 1520. The van der Waals surface area contributed by atoms with E-state index in [0.29, 0.717) is 24.2 Å². The number of anilines is 3. The monoisotopic (exact) mass is 667 g/mol. The third kappa shape index (κ3) is 8.82. The van der Waals surface area contributed by atoms with Gasteiger partial charge in [-0.25, -0.2) is 15.0 Å². The standard InChI is InChI=1S/C37H49N9OS/c1-4-17-39-29-22-27(43-36(45-29)41-18-5-2)34-32(25-13-9-7-10-14-25)35(33(34)26-15-11-8-12-16-26)28-23-31(46-37(44-28)42-19-6-3)48-21-20-40-30(47)24-38/h7-16,22-23,32-35H,4-6,17-21,24,38H2,1-3H3,(H,40,47)(H,42,44,46)(H2,39,41,43,45)/t32-,33-,34?,35?/m0/s1. The number of amides is 1. The van der Waals surface area contributed by atoms with E-state index in [-0.39, 0.29) is 36.1 Å². The molecule has 1 aliphatic rings. The second kappa shape index (κ2) is 17.8. The SMILES string of the molecule is CCCNc1cc(C2[C@H](c3ccccc3)C(c3cc(SCCNC(=O)CN)nc(NCCC)n3)[C@H]2c2ccccc2)nc(NCCC)n1. The Hall–Kier alpha value is -4.22. The number of hydrogen-bond acceptors (Lipinski definition) is 10. The van der Waals surface area contributed by atoms with Gasteiger partial charge in [0.15, 0.2) is 0 Å². The summed E-state index contributed by atoms with van der Waals surface area (Å²) in [6.07, 6.45) is 2.95. The molecule has 0 radical (unpaired) electrons. The zero-order valence-electron chi connectivity index (χ0n) is 28.3. The maximum Gasteiger partial charge on any atom is 0.233 e. The summed E-state index contributed by atoms with van der Waals surface area (Å²) in [5.41, 5.74) is 10.0. The van der Waals surface area contributed by atoms with Crippen molar-refractivity contribution in [3.05, 3.63) is 95.3 Å². The molecule has 254 valence electrons. The van der Waals surface area contributed by atoms with E-state index in [1.165, 1.54) is 11.1 Å². The van der Waals surface area contributed by atoms with Crippen LogP contribution in [0.1, 0.15) is 86.2 Å². The minimum Gasteiger partial charge on any atom is -0.370 e. The zero-order chi connectivity index (χ0) is 33.7. The average Bonchev–Trinajstić information content (AvgIpc) is 3.11. The Balaban J connectivity index is 1.61. The van der Waals surface area contributed by atoms with E-state index in [1.54, 1.807) is 11.8 Å². The Kier molecular flexibility index (Phi) is 13.0. The van der Waals surface area contributed by atoms with Crippen molar-refractivity contribution in [2.24, 2.45) is 5.73 Å². The first-order chi connectivity index (χ1) is 23.6. The highest BCUT2D eigenvalue weighted by Gasteiger charge is 2.54. The maximum absolute atomic E-state index is 11.7. The molecule has 4 aromatic rings. The first kappa shape index (κ1) is 35.1. The van der Waals surface area contributed by atoms with Crippen molar-refractivity contribution in [2.45, 2.75) is 68.7 Å². The largest absolute Gasteiger partial charge is 0.370 e. The molecule has 0 saturated heterocycles. The molecule has 2 heterocycles. The molecule has 5 rings (SSSR count). The molecule has 0 unspecified atom stereocenters. The topological polar surface area (TPSA) is 143 Å². The van der Waals surface area contributed by atoms with Crippen molar-refractivity contribution < 1.29 is 4.79 Å².